The molecule has 2 N–H and O–H groups in total. The third kappa shape index (κ3) is 5.36. The first-order valence-electron chi connectivity index (χ1n) is 12.2. The van der Waals surface area contributed by atoms with Crippen LogP contribution in [0.5, 0.6) is 0 Å². The van der Waals surface area contributed by atoms with Gasteiger partial charge in [0.25, 0.3) is 5.91 Å². The van der Waals surface area contributed by atoms with Crippen molar-refractivity contribution in [3.8, 4) is 11.4 Å². The molecule has 0 saturated heterocycles. The Bertz CT molecular complexity index is 1260. The molecule has 9 heteroatoms. The van der Waals surface area contributed by atoms with Crippen LogP contribution in [0.15, 0.2) is 24.3 Å². The second-order valence-corrected chi connectivity index (χ2v) is 10.0. The molecule has 0 fully saturated rings. The fourth-order valence-electron chi connectivity index (χ4n) is 4.31. The molecule has 36 heavy (non-hydrogen) atoms. The molecule has 0 aliphatic heterocycles. The average molecular weight is 510 g/mol. The molecule has 0 spiro atoms. The van der Waals surface area contributed by atoms with Crippen LogP contribution in [0.2, 0.25) is 0 Å². The van der Waals surface area contributed by atoms with Crippen LogP contribution in [0, 0.1) is 13.8 Å². The lowest BCUT2D eigenvalue weighted by molar-refractivity contribution is -0.124. The number of amides is 1. The number of aryl methyl sites for hydroxylation is 3. The van der Waals surface area contributed by atoms with Crippen LogP contribution in [-0.2, 0) is 27.1 Å². The van der Waals surface area contributed by atoms with Crippen molar-refractivity contribution in [1.82, 2.24) is 9.97 Å². The van der Waals surface area contributed by atoms with Crippen molar-refractivity contribution < 1.29 is 23.9 Å². The Morgan fingerprint density at radius 2 is 1.81 bits per heavy atom. The second-order valence-electron chi connectivity index (χ2n) is 8.92. The Hall–Kier alpha value is -3.46. The first-order valence-corrected chi connectivity index (χ1v) is 13.0. The van der Waals surface area contributed by atoms with E-state index in [4.69, 9.17) is 9.47 Å². The summed E-state index contributed by atoms with van der Waals surface area (Å²) in [5.74, 6) is -0.792. The van der Waals surface area contributed by atoms with E-state index < -0.39 is 23.9 Å². The number of imidazole rings is 1. The quantitative estimate of drug-likeness (QED) is 0.327. The number of aromatic nitrogens is 2. The fraction of sp³-hybridized carbons (Fsp3) is 0.407. The van der Waals surface area contributed by atoms with Gasteiger partial charge in [0.2, 0.25) is 0 Å². The molecule has 0 saturated carbocycles. The highest BCUT2D eigenvalue weighted by atomic mass is 32.1. The van der Waals surface area contributed by atoms with Crippen LogP contribution < -0.4 is 5.32 Å². The third-order valence-electron chi connectivity index (χ3n) is 6.48. The van der Waals surface area contributed by atoms with Crippen LogP contribution in [0.1, 0.15) is 75.2 Å². The van der Waals surface area contributed by atoms with Gasteiger partial charge in [-0.3, -0.25) is 4.79 Å². The smallest absolute Gasteiger partial charge is 0.341 e. The topological polar surface area (TPSA) is 110 Å². The van der Waals surface area contributed by atoms with Gasteiger partial charge in [0, 0.05) is 16.1 Å². The number of aromatic amines is 1. The van der Waals surface area contributed by atoms with Gasteiger partial charge >= 0.3 is 11.9 Å². The maximum atomic E-state index is 13.1. The molecule has 1 atom stereocenters. The van der Waals surface area contributed by atoms with Crippen LogP contribution in [0.25, 0.3) is 11.4 Å². The Kier molecular flexibility index (Phi) is 7.88. The number of nitrogens with one attached hydrogen (secondary N) is 2. The number of anilines is 1. The number of hydrogen-bond donors (Lipinski definition) is 2. The number of H-pyrrole nitrogens is 1. The predicted octanol–water partition coefficient (Wildman–Crippen LogP) is 5.38. The Morgan fingerprint density at radius 1 is 1.08 bits per heavy atom. The average Bonchev–Trinajstić information content (AvgIpc) is 3.30. The number of hydrogen-bond acceptors (Lipinski definition) is 7. The molecule has 3 aromatic rings. The van der Waals surface area contributed by atoms with Crippen LogP contribution in [0.3, 0.4) is 0 Å². The first-order chi connectivity index (χ1) is 17.3. The van der Waals surface area contributed by atoms with Crippen molar-refractivity contribution in [3.63, 3.8) is 0 Å². The number of esters is 2. The maximum Gasteiger partial charge on any atom is 0.341 e. The van der Waals surface area contributed by atoms with Crippen molar-refractivity contribution in [1.29, 1.82) is 0 Å². The molecule has 1 aliphatic carbocycles. The molecule has 2 aromatic heterocycles. The number of carbonyl (C=O) groups is 3. The summed E-state index contributed by atoms with van der Waals surface area (Å²) in [5.41, 5.74) is 4.48. The van der Waals surface area contributed by atoms with E-state index in [1.165, 1.54) is 18.4 Å². The third-order valence-corrected chi connectivity index (χ3v) is 7.69. The van der Waals surface area contributed by atoms with E-state index in [0.717, 1.165) is 65.3 Å². The lowest BCUT2D eigenvalue weighted by Gasteiger charge is -2.16. The maximum absolute atomic E-state index is 13.1. The van der Waals surface area contributed by atoms with Gasteiger partial charge in [-0.1, -0.05) is 25.5 Å². The van der Waals surface area contributed by atoms with Crippen LogP contribution in [0.4, 0.5) is 5.00 Å². The summed E-state index contributed by atoms with van der Waals surface area (Å²) in [4.78, 5) is 47.2. The zero-order chi connectivity index (χ0) is 25.8. The van der Waals surface area contributed by atoms with Gasteiger partial charge < -0.3 is 19.8 Å². The highest BCUT2D eigenvalue weighted by Gasteiger charge is 2.29. The first kappa shape index (κ1) is 25.6. The molecular weight excluding hydrogens is 478 g/mol. The number of fused-ring (bicyclic) bond motifs is 1. The minimum absolute atomic E-state index is 0.291. The Labute approximate surface area is 214 Å². The lowest BCUT2D eigenvalue weighted by atomic mass is 10.1. The Morgan fingerprint density at radius 3 is 2.44 bits per heavy atom. The van der Waals surface area contributed by atoms with E-state index in [-0.39, 0.29) is 0 Å². The van der Waals surface area contributed by atoms with Gasteiger partial charge in [-0.25, -0.2) is 14.6 Å². The van der Waals surface area contributed by atoms with Gasteiger partial charge in [-0.05, 0) is 63.6 Å². The molecule has 0 bridgehead atoms. The summed E-state index contributed by atoms with van der Waals surface area (Å²) in [7, 11) is 1.34. The zero-order valence-electron chi connectivity index (χ0n) is 21.0. The van der Waals surface area contributed by atoms with E-state index in [0.29, 0.717) is 22.5 Å². The number of ether oxygens (including phenoxy) is 2. The minimum atomic E-state index is -1.00. The molecule has 4 rings (SSSR count). The molecule has 2 heterocycles. The van der Waals surface area contributed by atoms with Gasteiger partial charge in [0.1, 0.15) is 10.8 Å². The standard InChI is InChI=1S/C27H31N3O5S/c1-5-20(35-26(32)18-13-11-17(12-14-18)23-28-15(2)16(3)29-23)24(31)30-25-22(27(33)34-4)19-9-7-6-8-10-21(19)36-25/h11-14,20H,5-10H2,1-4H3,(H,28,29)(H,30,31). The van der Waals surface area contributed by atoms with Crippen molar-refractivity contribution in [2.24, 2.45) is 0 Å². The molecule has 190 valence electrons. The molecular formula is C27H31N3O5S. The van der Waals surface area contributed by atoms with Gasteiger partial charge in [-0.2, -0.15) is 0 Å². The number of carbonyl (C=O) groups excluding carboxylic acids is 3. The van der Waals surface area contributed by atoms with Crippen molar-refractivity contribution >= 4 is 34.2 Å². The normalized spacial score (nSPS) is 13.9. The minimum Gasteiger partial charge on any atom is -0.465 e. The molecule has 1 amide bonds. The molecule has 8 nitrogen and oxygen atoms in total. The Balaban J connectivity index is 1.47. The lowest BCUT2D eigenvalue weighted by Crippen LogP contribution is -2.32. The molecule has 1 unspecified atom stereocenters. The van der Waals surface area contributed by atoms with E-state index in [1.807, 2.05) is 13.8 Å². The second kappa shape index (κ2) is 11.1. The number of benzene rings is 1. The summed E-state index contributed by atoms with van der Waals surface area (Å²) < 4.78 is 10.6. The van der Waals surface area contributed by atoms with Crippen LogP contribution in [-0.4, -0.2) is 41.0 Å². The van der Waals surface area contributed by atoms with E-state index in [2.05, 4.69) is 15.3 Å². The van der Waals surface area contributed by atoms with E-state index >= 15 is 0 Å². The monoisotopic (exact) mass is 509 g/mol. The van der Waals surface area contributed by atoms with E-state index in [9.17, 15) is 14.4 Å². The van der Waals surface area contributed by atoms with Crippen molar-refractivity contribution in [2.45, 2.75) is 65.4 Å². The van der Waals surface area contributed by atoms with Crippen molar-refractivity contribution in [3.05, 3.63) is 57.2 Å². The highest BCUT2D eigenvalue weighted by molar-refractivity contribution is 7.17. The van der Waals surface area contributed by atoms with E-state index in [1.54, 1.807) is 31.2 Å². The van der Waals surface area contributed by atoms with Gasteiger partial charge in [0.05, 0.1) is 23.9 Å². The summed E-state index contributed by atoms with van der Waals surface area (Å²) in [5, 5.41) is 3.30. The molecule has 1 aromatic carbocycles. The van der Waals surface area contributed by atoms with Crippen LogP contribution >= 0.6 is 11.3 Å². The summed E-state index contributed by atoms with van der Waals surface area (Å²) in [6.45, 7) is 5.65. The zero-order valence-corrected chi connectivity index (χ0v) is 21.8. The summed E-state index contributed by atoms with van der Waals surface area (Å²) >= 11 is 1.41. The largest absolute Gasteiger partial charge is 0.465 e. The van der Waals surface area contributed by atoms with Gasteiger partial charge in [-0.15, -0.1) is 11.3 Å². The number of thiophene rings is 1. The fourth-order valence-corrected chi connectivity index (χ4v) is 5.59. The summed E-state index contributed by atoms with van der Waals surface area (Å²) in [6.07, 6.45) is 4.10. The number of nitrogens with zero attached hydrogens (tertiary/aromatic N) is 1. The van der Waals surface area contributed by atoms with Gasteiger partial charge in [0.15, 0.2) is 6.10 Å². The number of rotatable bonds is 7. The van der Waals surface area contributed by atoms with Crippen molar-refractivity contribution in [2.75, 3.05) is 12.4 Å². The molecule has 1 aliphatic rings. The molecule has 0 radical (unpaired) electrons. The number of methoxy groups -OCH3 is 1. The summed E-state index contributed by atoms with van der Waals surface area (Å²) in [6, 6.07) is 6.88. The predicted molar refractivity (Wildman–Crippen MR) is 139 cm³/mol. The SMILES string of the molecule is CCC(OC(=O)c1ccc(-c2nc(C)c(C)[nH]2)cc1)C(=O)Nc1sc2c(c1C(=O)OC)CCCCC2. The highest BCUT2D eigenvalue weighted by Crippen LogP contribution is 2.38.